The number of carbonyl (C=O) groups is 1. The fraction of sp³-hybridized carbons (Fsp3) is 0.412. The molecule has 0 atom stereocenters. The lowest BCUT2D eigenvalue weighted by molar-refractivity contribution is -0.117. The van der Waals surface area contributed by atoms with Crippen molar-refractivity contribution in [3.8, 4) is 0 Å². The fourth-order valence-corrected chi connectivity index (χ4v) is 3.51. The lowest BCUT2D eigenvalue weighted by atomic mass is 10.1. The molecule has 5 nitrogen and oxygen atoms in total. The van der Waals surface area contributed by atoms with Crippen LogP contribution in [-0.2, 0) is 4.79 Å². The van der Waals surface area contributed by atoms with E-state index in [0.717, 1.165) is 42.6 Å². The number of carbonyl (C=O) groups excluding carboxylic acids is 1. The number of anilines is 2. The first kappa shape index (κ1) is 16.0. The summed E-state index contributed by atoms with van der Waals surface area (Å²) in [6, 6.07) is 6.08. The van der Waals surface area contributed by atoms with Crippen LogP contribution in [0.4, 0.5) is 10.8 Å². The molecular weight excluding hydrogens is 308 g/mol. The van der Waals surface area contributed by atoms with Gasteiger partial charge in [0.2, 0.25) is 5.91 Å². The van der Waals surface area contributed by atoms with Gasteiger partial charge in [0.05, 0.1) is 6.54 Å². The van der Waals surface area contributed by atoms with Crippen molar-refractivity contribution >= 4 is 28.1 Å². The lowest BCUT2D eigenvalue weighted by Crippen LogP contribution is -2.48. The van der Waals surface area contributed by atoms with E-state index in [1.807, 2.05) is 30.6 Å². The Bertz CT molecular complexity index is 663. The molecule has 0 unspecified atom stereocenters. The molecule has 1 aliphatic heterocycles. The Hall–Kier alpha value is -1.92. The van der Waals surface area contributed by atoms with Gasteiger partial charge in [-0.25, -0.2) is 4.98 Å². The van der Waals surface area contributed by atoms with Crippen LogP contribution in [0, 0.1) is 13.8 Å². The lowest BCUT2D eigenvalue weighted by Gasteiger charge is -2.34. The summed E-state index contributed by atoms with van der Waals surface area (Å²) < 4.78 is 0. The second kappa shape index (κ2) is 7.10. The average Bonchev–Trinajstić information content (AvgIpc) is 3.05. The molecule has 1 saturated heterocycles. The summed E-state index contributed by atoms with van der Waals surface area (Å²) in [5, 5.41) is 6.09. The van der Waals surface area contributed by atoms with Gasteiger partial charge >= 0.3 is 0 Å². The predicted molar refractivity (Wildman–Crippen MR) is 95.3 cm³/mol. The van der Waals surface area contributed by atoms with Crippen LogP contribution in [0.3, 0.4) is 0 Å². The predicted octanol–water partition coefficient (Wildman–Crippen LogP) is 2.52. The van der Waals surface area contributed by atoms with Crippen molar-refractivity contribution in [2.75, 3.05) is 42.9 Å². The van der Waals surface area contributed by atoms with Crippen molar-refractivity contribution in [1.82, 2.24) is 9.88 Å². The van der Waals surface area contributed by atoms with Crippen molar-refractivity contribution in [2.24, 2.45) is 0 Å². The molecule has 0 spiro atoms. The molecule has 23 heavy (non-hydrogen) atoms. The van der Waals surface area contributed by atoms with Crippen molar-refractivity contribution in [2.45, 2.75) is 13.8 Å². The summed E-state index contributed by atoms with van der Waals surface area (Å²) in [5.74, 6) is 0.0552. The zero-order valence-corrected chi connectivity index (χ0v) is 14.4. The van der Waals surface area contributed by atoms with Gasteiger partial charge in [0, 0.05) is 43.4 Å². The van der Waals surface area contributed by atoms with Gasteiger partial charge in [-0.1, -0.05) is 17.7 Å². The molecule has 3 rings (SSSR count). The van der Waals surface area contributed by atoms with Crippen LogP contribution in [0.25, 0.3) is 0 Å². The number of amides is 1. The van der Waals surface area contributed by atoms with Gasteiger partial charge in [-0.2, -0.15) is 0 Å². The maximum Gasteiger partial charge on any atom is 0.238 e. The number of piperazine rings is 1. The number of hydrogen-bond acceptors (Lipinski definition) is 5. The molecule has 2 heterocycles. The molecule has 1 amide bonds. The number of hydrogen-bond donors (Lipinski definition) is 1. The van der Waals surface area contributed by atoms with E-state index in [9.17, 15) is 4.79 Å². The van der Waals surface area contributed by atoms with Crippen molar-refractivity contribution in [3.63, 3.8) is 0 Å². The summed E-state index contributed by atoms with van der Waals surface area (Å²) in [4.78, 5) is 21.1. The topological polar surface area (TPSA) is 48.5 Å². The summed E-state index contributed by atoms with van der Waals surface area (Å²) in [7, 11) is 0. The first-order valence-corrected chi connectivity index (χ1v) is 8.74. The monoisotopic (exact) mass is 330 g/mol. The highest BCUT2D eigenvalue weighted by Gasteiger charge is 2.20. The summed E-state index contributed by atoms with van der Waals surface area (Å²) >= 11 is 1.67. The van der Waals surface area contributed by atoms with Crippen LogP contribution in [0.5, 0.6) is 0 Å². The highest BCUT2D eigenvalue weighted by Crippen LogP contribution is 2.19. The number of aromatic nitrogens is 1. The molecule has 0 saturated carbocycles. The third kappa shape index (κ3) is 4.09. The molecule has 6 heteroatoms. The Kier molecular flexibility index (Phi) is 4.93. The highest BCUT2D eigenvalue weighted by molar-refractivity contribution is 7.13. The van der Waals surface area contributed by atoms with Crippen LogP contribution in [0.2, 0.25) is 0 Å². The molecule has 122 valence electrons. The minimum Gasteiger partial charge on any atom is -0.346 e. The Morgan fingerprint density at radius 3 is 2.70 bits per heavy atom. The van der Waals surface area contributed by atoms with E-state index in [1.165, 1.54) is 5.56 Å². The molecule has 1 aromatic carbocycles. The molecule has 0 aliphatic carbocycles. The number of nitrogens with zero attached hydrogens (tertiary/aromatic N) is 3. The van der Waals surface area contributed by atoms with Crippen LogP contribution < -0.4 is 10.2 Å². The normalized spacial score (nSPS) is 15.7. The second-order valence-electron chi connectivity index (χ2n) is 5.94. The minimum atomic E-state index is 0.0552. The van der Waals surface area contributed by atoms with Gasteiger partial charge < -0.3 is 10.2 Å². The third-order valence-electron chi connectivity index (χ3n) is 4.09. The third-order valence-corrected chi connectivity index (χ3v) is 4.92. The standard InChI is InChI=1S/C17H22N4OS/c1-13-3-4-15(14(2)11-13)19-16(22)12-20-6-8-21(9-7-20)17-18-5-10-23-17/h3-5,10-11H,6-9,12H2,1-2H3,(H,19,22). The van der Waals surface area contributed by atoms with Crippen molar-refractivity contribution in [1.29, 1.82) is 0 Å². The fourth-order valence-electron chi connectivity index (χ4n) is 2.82. The van der Waals surface area contributed by atoms with E-state index in [0.29, 0.717) is 6.54 Å². The minimum absolute atomic E-state index is 0.0552. The molecule has 1 aromatic heterocycles. The quantitative estimate of drug-likeness (QED) is 0.936. The molecule has 0 bridgehead atoms. The smallest absolute Gasteiger partial charge is 0.238 e. The van der Waals surface area contributed by atoms with E-state index in [1.54, 1.807) is 11.3 Å². The Morgan fingerprint density at radius 2 is 2.04 bits per heavy atom. The Balaban J connectivity index is 1.49. The van der Waals surface area contributed by atoms with Gasteiger partial charge in [0.15, 0.2) is 5.13 Å². The molecular formula is C17H22N4OS. The molecule has 1 aliphatic rings. The van der Waals surface area contributed by atoms with E-state index < -0.39 is 0 Å². The van der Waals surface area contributed by atoms with Gasteiger partial charge in [0.25, 0.3) is 0 Å². The molecule has 1 fully saturated rings. The Morgan fingerprint density at radius 1 is 1.26 bits per heavy atom. The Labute approximate surface area is 140 Å². The maximum absolute atomic E-state index is 12.3. The SMILES string of the molecule is Cc1ccc(NC(=O)CN2CCN(c3nccs3)CC2)c(C)c1. The zero-order chi connectivity index (χ0) is 16.2. The van der Waals surface area contributed by atoms with Crippen LogP contribution in [-0.4, -0.2) is 48.5 Å². The van der Waals surface area contributed by atoms with E-state index in [2.05, 4.69) is 33.1 Å². The average molecular weight is 330 g/mol. The first-order valence-electron chi connectivity index (χ1n) is 7.86. The van der Waals surface area contributed by atoms with Crippen molar-refractivity contribution < 1.29 is 4.79 Å². The number of thiazole rings is 1. The van der Waals surface area contributed by atoms with Crippen LogP contribution in [0.15, 0.2) is 29.8 Å². The van der Waals surface area contributed by atoms with E-state index in [4.69, 9.17) is 0 Å². The highest BCUT2D eigenvalue weighted by atomic mass is 32.1. The second-order valence-corrected chi connectivity index (χ2v) is 6.82. The van der Waals surface area contributed by atoms with Crippen LogP contribution in [0.1, 0.15) is 11.1 Å². The largest absolute Gasteiger partial charge is 0.346 e. The van der Waals surface area contributed by atoms with Crippen LogP contribution >= 0.6 is 11.3 Å². The number of benzene rings is 1. The number of nitrogens with one attached hydrogen (secondary N) is 1. The summed E-state index contributed by atoms with van der Waals surface area (Å²) in [5.41, 5.74) is 3.22. The van der Waals surface area contributed by atoms with E-state index >= 15 is 0 Å². The first-order chi connectivity index (χ1) is 11.1. The molecule has 1 N–H and O–H groups in total. The summed E-state index contributed by atoms with van der Waals surface area (Å²) in [6.45, 7) is 8.14. The summed E-state index contributed by atoms with van der Waals surface area (Å²) in [6.07, 6.45) is 1.84. The molecule has 2 aromatic rings. The van der Waals surface area contributed by atoms with Gasteiger partial charge in [-0.15, -0.1) is 11.3 Å². The van der Waals surface area contributed by atoms with Gasteiger partial charge in [-0.05, 0) is 25.5 Å². The van der Waals surface area contributed by atoms with Crippen molar-refractivity contribution in [3.05, 3.63) is 40.9 Å². The molecule has 0 radical (unpaired) electrons. The van der Waals surface area contributed by atoms with E-state index in [-0.39, 0.29) is 5.91 Å². The number of aryl methyl sites for hydroxylation is 2. The maximum atomic E-state index is 12.3. The number of rotatable bonds is 4. The zero-order valence-electron chi connectivity index (χ0n) is 13.6. The van der Waals surface area contributed by atoms with Gasteiger partial charge in [-0.3, -0.25) is 9.69 Å². The van der Waals surface area contributed by atoms with Gasteiger partial charge in [0.1, 0.15) is 0 Å².